The van der Waals surface area contributed by atoms with Crippen LogP contribution in [0.5, 0.6) is 11.5 Å². The van der Waals surface area contributed by atoms with Gasteiger partial charge >= 0.3 is 6.36 Å². The second kappa shape index (κ2) is 10.8. The van der Waals surface area contributed by atoms with E-state index in [0.717, 1.165) is 25.9 Å². The van der Waals surface area contributed by atoms with E-state index in [-0.39, 0.29) is 17.8 Å². The number of nitrogens with zero attached hydrogens (tertiary/aromatic N) is 1. The molecule has 170 valence electrons. The fraction of sp³-hybridized carbons (Fsp3) is 0.478. The molecule has 0 aromatic heterocycles. The van der Waals surface area contributed by atoms with E-state index in [2.05, 4.69) is 27.1 Å². The zero-order valence-corrected chi connectivity index (χ0v) is 17.8. The van der Waals surface area contributed by atoms with Gasteiger partial charge in [-0.05, 0) is 43.1 Å². The number of piperidine rings is 1. The highest BCUT2D eigenvalue weighted by Crippen LogP contribution is 2.33. The Labute approximate surface area is 181 Å². The molecule has 1 aliphatic rings. The zero-order valence-electron chi connectivity index (χ0n) is 17.8. The van der Waals surface area contributed by atoms with E-state index in [9.17, 15) is 13.2 Å². The van der Waals surface area contributed by atoms with Crippen molar-refractivity contribution in [1.29, 1.82) is 0 Å². The van der Waals surface area contributed by atoms with Gasteiger partial charge in [0.1, 0.15) is 11.5 Å². The summed E-state index contributed by atoms with van der Waals surface area (Å²) in [5, 5.41) is 3.56. The molecule has 0 radical (unpaired) electrons. The van der Waals surface area contributed by atoms with Crippen LogP contribution < -0.4 is 14.8 Å². The molecule has 1 aliphatic heterocycles. The molecule has 0 aliphatic carbocycles. The minimum absolute atomic E-state index is 0.130. The van der Waals surface area contributed by atoms with Gasteiger partial charge in [-0.1, -0.05) is 30.3 Å². The van der Waals surface area contributed by atoms with Crippen LogP contribution in [0.25, 0.3) is 0 Å². The third-order valence-electron chi connectivity index (χ3n) is 5.50. The van der Waals surface area contributed by atoms with Crippen LogP contribution in [0.4, 0.5) is 13.2 Å². The lowest BCUT2D eigenvalue weighted by atomic mass is 9.90. The smallest absolute Gasteiger partial charge is 0.496 e. The average Bonchev–Trinajstić information content (AvgIpc) is 2.75. The second-order valence-electron chi connectivity index (χ2n) is 7.54. The Bertz CT molecular complexity index is 817. The molecule has 3 rings (SSSR count). The first kappa shape index (κ1) is 23.4. The molecule has 5 nitrogen and oxygen atoms in total. The Kier molecular flexibility index (Phi) is 8.17. The number of likely N-dealkylation sites (tertiary alicyclic amines) is 1. The summed E-state index contributed by atoms with van der Waals surface area (Å²) in [7, 11) is 3.20. The van der Waals surface area contributed by atoms with E-state index in [0.29, 0.717) is 24.5 Å². The molecule has 1 fully saturated rings. The van der Waals surface area contributed by atoms with Crippen molar-refractivity contribution in [3.8, 4) is 11.5 Å². The van der Waals surface area contributed by atoms with Gasteiger partial charge in [0.2, 0.25) is 0 Å². The lowest BCUT2D eigenvalue weighted by molar-refractivity contribution is -0.274. The van der Waals surface area contributed by atoms with Gasteiger partial charge in [-0.15, -0.1) is 13.2 Å². The third kappa shape index (κ3) is 6.59. The molecule has 8 heteroatoms. The number of methoxy groups -OCH3 is 2. The van der Waals surface area contributed by atoms with Crippen LogP contribution in [0.1, 0.15) is 30.0 Å². The summed E-state index contributed by atoms with van der Waals surface area (Å²) in [4.78, 5) is 2.40. The second-order valence-corrected chi connectivity index (χ2v) is 7.54. The molecule has 2 aromatic rings. The maximum absolute atomic E-state index is 12.6. The molecule has 2 aromatic carbocycles. The van der Waals surface area contributed by atoms with Gasteiger partial charge in [0.15, 0.2) is 0 Å². The Morgan fingerprint density at radius 3 is 2.55 bits per heavy atom. The summed E-state index contributed by atoms with van der Waals surface area (Å²) in [5.74, 6) is 0.264. The first-order valence-corrected chi connectivity index (χ1v) is 10.3. The molecule has 1 N–H and O–H groups in total. The van der Waals surface area contributed by atoms with E-state index >= 15 is 0 Å². The van der Waals surface area contributed by atoms with Crippen LogP contribution in [0.15, 0.2) is 48.5 Å². The minimum Gasteiger partial charge on any atom is -0.496 e. The Balaban J connectivity index is 1.79. The topological polar surface area (TPSA) is 43.0 Å². The van der Waals surface area contributed by atoms with Gasteiger partial charge in [-0.3, -0.25) is 4.90 Å². The number of ether oxygens (including phenoxy) is 3. The summed E-state index contributed by atoms with van der Waals surface area (Å²) < 4.78 is 52.6. The summed E-state index contributed by atoms with van der Waals surface area (Å²) >= 11 is 0. The van der Waals surface area contributed by atoms with Gasteiger partial charge < -0.3 is 19.5 Å². The van der Waals surface area contributed by atoms with Gasteiger partial charge in [0.05, 0.1) is 19.8 Å². The first-order chi connectivity index (χ1) is 14.9. The van der Waals surface area contributed by atoms with Crippen LogP contribution in [0.2, 0.25) is 0 Å². The number of hydrogen-bond donors (Lipinski definition) is 1. The van der Waals surface area contributed by atoms with Crippen LogP contribution >= 0.6 is 0 Å². The molecule has 2 atom stereocenters. The van der Waals surface area contributed by atoms with Crippen LogP contribution in [0.3, 0.4) is 0 Å². The predicted octanol–water partition coefficient (Wildman–Crippen LogP) is 4.54. The minimum atomic E-state index is -4.73. The van der Waals surface area contributed by atoms with Gasteiger partial charge in [-0.25, -0.2) is 0 Å². The van der Waals surface area contributed by atoms with E-state index in [4.69, 9.17) is 9.47 Å². The van der Waals surface area contributed by atoms with Crippen molar-refractivity contribution in [2.45, 2.75) is 37.8 Å². The third-order valence-corrected chi connectivity index (χ3v) is 5.50. The summed E-state index contributed by atoms with van der Waals surface area (Å²) in [6, 6.07) is 14.7. The van der Waals surface area contributed by atoms with Crippen molar-refractivity contribution in [2.24, 2.45) is 0 Å². The Morgan fingerprint density at radius 2 is 1.87 bits per heavy atom. The highest BCUT2D eigenvalue weighted by atomic mass is 19.4. The van der Waals surface area contributed by atoms with Crippen molar-refractivity contribution in [2.75, 3.05) is 33.9 Å². The van der Waals surface area contributed by atoms with Crippen molar-refractivity contribution in [3.63, 3.8) is 0 Å². The van der Waals surface area contributed by atoms with Crippen LogP contribution in [0, 0.1) is 0 Å². The summed E-state index contributed by atoms with van der Waals surface area (Å²) in [6.45, 7) is 2.79. The molecule has 31 heavy (non-hydrogen) atoms. The molecule has 1 heterocycles. The molecule has 0 amide bonds. The highest BCUT2D eigenvalue weighted by Gasteiger charge is 2.33. The van der Waals surface area contributed by atoms with E-state index in [1.807, 2.05) is 18.2 Å². The average molecular weight is 438 g/mol. The number of nitrogens with one attached hydrogen (secondary N) is 1. The predicted molar refractivity (Wildman–Crippen MR) is 112 cm³/mol. The number of benzene rings is 2. The maximum Gasteiger partial charge on any atom is 0.573 e. The maximum atomic E-state index is 12.6. The lowest BCUT2D eigenvalue weighted by Gasteiger charge is -2.42. The number of hydrogen-bond acceptors (Lipinski definition) is 5. The zero-order chi connectivity index (χ0) is 22.3. The van der Waals surface area contributed by atoms with Crippen molar-refractivity contribution >= 4 is 0 Å². The van der Waals surface area contributed by atoms with Gasteiger partial charge in [0, 0.05) is 31.8 Å². The summed E-state index contributed by atoms with van der Waals surface area (Å²) in [5.41, 5.74) is 1.82. The van der Waals surface area contributed by atoms with Gasteiger partial charge in [-0.2, -0.15) is 0 Å². The number of halogens is 3. The molecular formula is C23H29F3N2O3. The highest BCUT2D eigenvalue weighted by molar-refractivity contribution is 5.40. The van der Waals surface area contributed by atoms with E-state index in [1.165, 1.54) is 30.9 Å². The Hall–Kier alpha value is -2.29. The van der Waals surface area contributed by atoms with E-state index in [1.54, 1.807) is 7.11 Å². The quantitative estimate of drug-likeness (QED) is 0.623. The molecule has 0 spiro atoms. The first-order valence-electron chi connectivity index (χ1n) is 10.3. The fourth-order valence-corrected chi connectivity index (χ4v) is 4.16. The van der Waals surface area contributed by atoms with Crippen molar-refractivity contribution < 1.29 is 27.4 Å². The normalized spacial score (nSPS) is 19.9. The standard InChI is InChI=1S/C23H29F3N2O3/c1-29-14-13-28-12-6-9-20(22(28)17-7-4-3-5-8-17)27-16-18-15-19(31-23(24,25)26)10-11-21(18)30-2/h3-5,7-8,10-11,15,20,22,27H,6,9,12-14,16H2,1-2H3. The number of rotatable bonds is 9. The molecule has 0 bridgehead atoms. The fourth-order valence-electron chi connectivity index (χ4n) is 4.16. The van der Waals surface area contributed by atoms with Gasteiger partial charge in [0.25, 0.3) is 0 Å². The molecule has 1 saturated heterocycles. The molecular weight excluding hydrogens is 409 g/mol. The SMILES string of the molecule is COCCN1CCCC(NCc2cc(OC(F)(F)F)ccc2OC)C1c1ccccc1. The molecule has 2 unspecified atom stereocenters. The van der Waals surface area contributed by atoms with Crippen LogP contribution in [-0.4, -0.2) is 51.2 Å². The largest absolute Gasteiger partial charge is 0.573 e. The van der Waals surface area contributed by atoms with Crippen LogP contribution in [-0.2, 0) is 11.3 Å². The number of alkyl halides is 3. The van der Waals surface area contributed by atoms with E-state index < -0.39 is 6.36 Å². The summed E-state index contributed by atoms with van der Waals surface area (Å²) in [6.07, 6.45) is -2.74. The van der Waals surface area contributed by atoms with Crippen molar-refractivity contribution in [3.05, 3.63) is 59.7 Å². The van der Waals surface area contributed by atoms with Crippen molar-refractivity contribution in [1.82, 2.24) is 10.2 Å². The molecule has 0 saturated carbocycles. The lowest BCUT2D eigenvalue weighted by Crippen LogP contribution is -2.49. The Morgan fingerprint density at radius 1 is 1.10 bits per heavy atom. The monoisotopic (exact) mass is 438 g/mol.